The number of aryl methyl sites for hydroxylation is 1. The summed E-state index contributed by atoms with van der Waals surface area (Å²) in [6, 6.07) is 15.5. The molecule has 2 aromatic carbocycles. The first kappa shape index (κ1) is 17.3. The van der Waals surface area contributed by atoms with Crippen molar-refractivity contribution in [2.75, 3.05) is 18.1 Å². The second-order valence-corrected chi connectivity index (χ2v) is 6.65. The molecule has 1 aliphatic heterocycles. The van der Waals surface area contributed by atoms with Crippen LogP contribution in [-0.4, -0.2) is 29.2 Å². The predicted molar refractivity (Wildman–Crippen MR) is 102 cm³/mol. The number of carbonyl (C=O) groups is 1. The van der Waals surface area contributed by atoms with E-state index in [1.165, 1.54) is 5.56 Å². The first-order valence-corrected chi connectivity index (χ1v) is 9.08. The summed E-state index contributed by atoms with van der Waals surface area (Å²) in [7, 11) is 0. The molecular weight excluding hydrogens is 342 g/mol. The number of carbonyl (C=O) groups excluding carboxylic acids is 1. The summed E-state index contributed by atoms with van der Waals surface area (Å²) in [6.07, 6.45) is 0.364. The smallest absolute Gasteiger partial charge is 0.232 e. The van der Waals surface area contributed by atoms with Gasteiger partial charge in [0.15, 0.2) is 0 Å². The molecule has 1 aliphatic rings. The molecule has 0 bridgehead atoms. The van der Waals surface area contributed by atoms with Gasteiger partial charge in [-0.05, 0) is 38.1 Å². The van der Waals surface area contributed by atoms with E-state index in [2.05, 4.69) is 10.1 Å². The first-order valence-electron chi connectivity index (χ1n) is 9.08. The van der Waals surface area contributed by atoms with E-state index in [0.29, 0.717) is 31.3 Å². The van der Waals surface area contributed by atoms with Gasteiger partial charge in [-0.3, -0.25) is 4.79 Å². The van der Waals surface area contributed by atoms with Gasteiger partial charge in [0, 0.05) is 24.2 Å². The fraction of sp³-hybridized carbons (Fsp3) is 0.286. The summed E-state index contributed by atoms with van der Waals surface area (Å²) in [5.74, 6) is 1.81. The van der Waals surface area contributed by atoms with Crippen LogP contribution in [0.25, 0.3) is 11.4 Å². The maximum atomic E-state index is 12.5. The Kier molecular flexibility index (Phi) is 4.62. The number of anilines is 1. The van der Waals surface area contributed by atoms with Crippen LogP contribution in [0, 0.1) is 6.92 Å². The molecule has 1 fully saturated rings. The SMILES string of the molecule is CCOc1ccc(N2C[C@@H](c3nc(-c4ccc(C)cc4)no3)CC2=O)cc1. The van der Waals surface area contributed by atoms with Crippen LogP contribution in [0.1, 0.15) is 30.7 Å². The van der Waals surface area contributed by atoms with E-state index in [1.54, 1.807) is 4.90 Å². The van der Waals surface area contributed by atoms with Crippen molar-refractivity contribution in [2.45, 2.75) is 26.2 Å². The number of nitrogens with zero attached hydrogens (tertiary/aromatic N) is 3. The van der Waals surface area contributed by atoms with Crippen molar-refractivity contribution < 1.29 is 14.1 Å². The third kappa shape index (κ3) is 3.56. The summed E-state index contributed by atoms with van der Waals surface area (Å²) >= 11 is 0. The summed E-state index contributed by atoms with van der Waals surface area (Å²) in [6.45, 7) is 5.12. The van der Waals surface area contributed by atoms with Gasteiger partial charge in [-0.25, -0.2) is 0 Å². The normalized spacial score (nSPS) is 16.7. The van der Waals surface area contributed by atoms with Crippen molar-refractivity contribution >= 4 is 11.6 Å². The van der Waals surface area contributed by atoms with Crippen LogP contribution in [0.3, 0.4) is 0 Å². The van der Waals surface area contributed by atoms with Crippen LogP contribution in [0.5, 0.6) is 5.75 Å². The van der Waals surface area contributed by atoms with Crippen LogP contribution in [0.2, 0.25) is 0 Å². The molecule has 1 saturated heterocycles. The van der Waals surface area contributed by atoms with Gasteiger partial charge < -0.3 is 14.2 Å². The van der Waals surface area contributed by atoms with Crippen molar-refractivity contribution in [3.63, 3.8) is 0 Å². The third-order valence-electron chi connectivity index (χ3n) is 4.69. The molecule has 0 unspecified atom stereocenters. The zero-order valence-electron chi connectivity index (χ0n) is 15.4. The number of amides is 1. The summed E-state index contributed by atoms with van der Waals surface area (Å²) < 4.78 is 10.9. The molecule has 4 rings (SSSR count). The Hall–Kier alpha value is -3.15. The average molecular weight is 363 g/mol. The predicted octanol–water partition coefficient (Wildman–Crippen LogP) is 3.96. The highest BCUT2D eigenvalue weighted by molar-refractivity contribution is 5.96. The Bertz CT molecular complexity index is 932. The molecule has 0 spiro atoms. The van der Waals surface area contributed by atoms with Crippen LogP contribution in [-0.2, 0) is 4.79 Å². The number of rotatable bonds is 5. The van der Waals surface area contributed by atoms with Gasteiger partial charge in [0.2, 0.25) is 17.6 Å². The zero-order chi connectivity index (χ0) is 18.8. The molecule has 0 N–H and O–H groups in total. The highest BCUT2D eigenvalue weighted by Crippen LogP contribution is 2.32. The van der Waals surface area contributed by atoms with Gasteiger partial charge in [-0.15, -0.1) is 0 Å². The van der Waals surface area contributed by atoms with E-state index < -0.39 is 0 Å². The van der Waals surface area contributed by atoms with E-state index in [1.807, 2.05) is 62.4 Å². The summed E-state index contributed by atoms with van der Waals surface area (Å²) in [4.78, 5) is 18.8. The lowest BCUT2D eigenvalue weighted by Crippen LogP contribution is -2.24. The minimum atomic E-state index is -0.101. The maximum Gasteiger partial charge on any atom is 0.232 e. The molecule has 0 aliphatic carbocycles. The fourth-order valence-electron chi connectivity index (χ4n) is 3.23. The molecule has 1 atom stereocenters. The second kappa shape index (κ2) is 7.23. The molecule has 6 heteroatoms. The summed E-state index contributed by atoms with van der Waals surface area (Å²) in [5, 5.41) is 4.08. The fourth-order valence-corrected chi connectivity index (χ4v) is 3.23. The molecule has 0 saturated carbocycles. The van der Waals surface area contributed by atoms with E-state index in [4.69, 9.17) is 9.26 Å². The molecular formula is C21H21N3O3. The van der Waals surface area contributed by atoms with Crippen LogP contribution in [0.15, 0.2) is 53.1 Å². The molecule has 1 aromatic heterocycles. The number of aromatic nitrogens is 2. The van der Waals surface area contributed by atoms with Crippen LogP contribution in [0.4, 0.5) is 5.69 Å². The largest absolute Gasteiger partial charge is 0.494 e. The highest BCUT2D eigenvalue weighted by atomic mass is 16.5. The molecule has 138 valence electrons. The molecule has 6 nitrogen and oxygen atoms in total. The van der Waals surface area contributed by atoms with Crippen molar-refractivity contribution in [3.05, 3.63) is 60.0 Å². The number of ether oxygens (including phenoxy) is 1. The Morgan fingerprint density at radius 2 is 1.89 bits per heavy atom. The van der Waals surface area contributed by atoms with Crippen molar-refractivity contribution in [1.82, 2.24) is 10.1 Å². The number of hydrogen-bond donors (Lipinski definition) is 0. The minimum Gasteiger partial charge on any atom is -0.494 e. The van der Waals surface area contributed by atoms with Gasteiger partial charge in [0.1, 0.15) is 5.75 Å². The van der Waals surface area contributed by atoms with E-state index in [9.17, 15) is 4.79 Å². The van der Waals surface area contributed by atoms with Crippen LogP contribution >= 0.6 is 0 Å². The maximum absolute atomic E-state index is 12.5. The Morgan fingerprint density at radius 1 is 1.15 bits per heavy atom. The molecule has 2 heterocycles. The van der Waals surface area contributed by atoms with E-state index in [-0.39, 0.29) is 11.8 Å². The first-order chi connectivity index (χ1) is 13.1. The van der Waals surface area contributed by atoms with Crippen molar-refractivity contribution in [3.8, 4) is 17.1 Å². The van der Waals surface area contributed by atoms with E-state index in [0.717, 1.165) is 17.0 Å². The minimum absolute atomic E-state index is 0.0549. The third-order valence-corrected chi connectivity index (χ3v) is 4.69. The lowest BCUT2D eigenvalue weighted by Gasteiger charge is -2.16. The highest BCUT2D eigenvalue weighted by Gasteiger charge is 2.35. The molecule has 0 radical (unpaired) electrons. The Balaban J connectivity index is 1.50. The number of hydrogen-bond acceptors (Lipinski definition) is 5. The molecule has 3 aromatic rings. The monoisotopic (exact) mass is 363 g/mol. The topological polar surface area (TPSA) is 68.5 Å². The zero-order valence-corrected chi connectivity index (χ0v) is 15.4. The average Bonchev–Trinajstić information content (AvgIpc) is 3.30. The lowest BCUT2D eigenvalue weighted by atomic mass is 10.1. The van der Waals surface area contributed by atoms with Crippen molar-refractivity contribution in [1.29, 1.82) is 0 Å². The van der Waals surface area contributed by atoms with Crippen LogP contribution < -0.4 is 9.64 Å². The summed E-state index contributed by atoms with van der Waals surface area (Å²) in [5.41, 5.74) is 2.93. The quantitative estimate of drug-likeness (QED) is 0.686. The lowest BCUT2D eigenvalue weighted by molar-refractivity contribution is -0.117. The second-order valence-electron chi connectivity index (χ2n) is 6.65. The number of benzene rings is 2. The van der Waals surface area contributed by atoms with Gasteiger partial charge in [-0.2, -0.15) is 4.98 Å². The van der Waals surface area contributed by atoms with Gasteiger partial charge >= 0.3 is 0 Å². The standard InChI is InChI=1S/C21H21N3O3/c1-3-26-18-10-8-17(9-11-18)24-13-16(12-19(24)25)21-22-20(23-27-21)15-6-4-14(2)5-7-15/h4-11,16H,3,12-13H2,1-2H3/t16-/m0/s1. The van der Waals surface area contributed by atoms with Gasteiger partial charge in [-0.1, -0.05) is 35.0 Å². The Morgan fingerprint density at radius 3 is 2.59 bits per heavy atom. The van der Waals surface area contributed by atoms with Gasteiger partial charge in [0.05, 0.1) is 12.5 Å². The molecule has 1 amide bonds. The van der Waals surface area contributed by atoms with Gasteiger partial charge in [0.25, 0.3) is 0 Å². The van der Waals surface area contributed by atoms with Crippen molar-refractivity contribution in [2.24, 2.45) is 0 Å². The van der Waals surface area contributed by atoms with E-state index >= 15 is 0 Å². The molecule has 27 heavy (non-hydrogen) atoms. The Labute approximate surface area is 157 Å².